The van der Waals surface area contributed by atoms with Crippen LogP contribution in [0.25, 0.3) is 29.3 Å². The third kappa shape index (κ3) is 2.65. The van der Waals surface area contributed by atoms with Crippen LogP contribution >= 0.6 is 45.3 Å². The molecule has 0 spiro atoms. The van der Waals surface area contributed by atoms with E-state index in [0.29, 0.717) is 0 Å². The molecular formula is C23H20S4. The predicted molar refractivity (Wildman–Crippen MR) is 123 cm³/mol. The maximum atomic E-state index is 2.45. The summed E-state index contributed by atoms with van der Waals surface area (Å²) in [5.74, 6) is 1.53. The molecular weight excluding hydrogens is 405 g/mol. The first-order chi connectivity index (χ1) is 13.2. The molecule has 0 saturated carbocycles. The molecule has 0 radical (unpaired) electrons. The lowest BCUT2D eigenvalue weighted by Crippen LogP contribution is -2.08. The van der Waals surface area contributed by atoms with Crippen molar-refractivity contribution in [1.82, 2.24) is 0 Å². The Morgan fingerprint density at radius 1 is 0.630 bits per heavy atom. The minimum Gasteiger partial charge on any atom is -0.139 e. The number of thiophene rings is 4. The van der Waals surface area contributed by atoms with E-state index in [9.17, 15) is 0 Å². The van der Waals surface area contributed by atoms with Crippen molar-refractivity contribution in [1.29, 1.82) is 0 Å². The van der Waals surface area contributed by atoms with Gasteiger partial charge in [0.25, 0.3) is 0 Å². The van der Waals surface area contributed by atoms with E-state index in [1.165, 1.54) is 48.5 Å². The Kier molecular flexibility index (Phi) is 3.81. The second-order valence-electron chi connectivity index (χ2n) is 7.87. The third-order valence-electron chi connectivity index (χ3n) is 5.89. The Morgan fingerprint density at radius 3 is 1.67 bits per heavy atom. The smallest absolute Gasteiger partial charge is 0.0449 e. The van der Waals surface area contributed by atoms with Crippen molar-refractivity contribution in [3.8, 4) is 29.3 Å². The lowest BCUT2D eigenvalue weighted by molar-refractivity contribution is 0.690. The van der Waals surface area contributed by atoms with E-state index >= 15 is 0 Å². The van der Waals surface area contributed by atoms with Crippen LogP contribution in [0.1, 0.15) is 53.0 Å². The molecule has 0 bridgehead atoms. The van der Waals surface area contributed by atoms with Crippen LogP contribution in [0.5, 0.6) is 0 Å². The van der Waals surface area contributed by atoms with Gasteiger partial charge in [0.05, 0.1) is 0 Å². The van der Waals surface area contributed by atoms with Gasteiger partial charge in [0.1, 0.15) is 0 Å². The van der Waals surface area contributed by atoms with Crippen LogP contribution in [0.4, 0.5) is 0 Å². The zero-order valence-corrected chi connectivity index (χ0v) is 18.6. The number of hydrogen-bond acceptors (Lipinski definition) is 4. The van der Waals surface area contributed by atoms with Crippen LogP contribution in [0.3, 0.4) is 0 Å². The monoisotopic (exact) mass is 424 g/mol. The molecule has 27 heavy (non-hydrogen) atoms. The van der Waals surface area contributed by atoms with Gasteiger partial charge in [0.15, 0.2) is 0 Å². The van der Waals surface area contributed by atoms with Gasteiger partial charge >= 0.3 is 0 Å². The highest BCUT2D eigenvalue weighted by molar-refractivity contribution is 7.28. The van der Waals surface area contributed by atoms with Crippen LogP contribution in [0, 0.1) is 0 Å². The SMILES string of the molecule is CC1CCc2cc(-c3ccc(-c4ccc(-c5cc6c(s5)C(C)C6)s4)s3)sc21. The first-order valence-corrected chi connectivity index (χ1v) is 12.9. The van der Waals surface area contributed by atoms with Gasteiger partial charge in [-0.3, -0.25) is 0 Å². The molecule has 4 aromatic rings. The van der Waals surface area contributed by atoms with E-state index in [4.69, 9.17) is 0 Å². The number of rotatable bonds is 3. The maximum absolute atomic E-state index is 2.45. The van der Waals surface area contributed by atoms with Crippen molar-refractivity contribution in [2.24, 2.45) is 0 Å². The zero-order valence-electron chi connectivity index (χ0n) is 15.4. The summed E-state index contributed by atoms with van der Waals surface area (Å²) >= 11 is 7.92. The second-order valence-corrected chi connectivity index (χ2v) is 12.2. The summed E-state index contributed by atoms with van der Waals surface area (Å²) < 4.78 is 0. The van der Waals surface area contributed by atoms with Crippen molar-refractivity contribution in [2.75, 3.05) is 0 Å². The Balaban J connectivity index is 1.30. The van der Waals surface area contributed by atoms with Crippen molar-refractivity contribution in [3.05, 3.63) is 57.3 Å². The van der Waals surface area contributed by atoms with Crippen LogP contribution in [0.15, 0.2) is 36.4 Å². The first-order valence-electron chi connectivity index (χ1n) is 9.61. The van der Waals surface area contributed by atoms with Crippen molar-refractivity contribution >= 4 is 45.3 Å². The summed E-state index contributed by atoms with van der Waals surface area (Å²) in [6.45, 7) is 4.72. The summed E-state index contributed by atoms with van der Waals surface area (Å²) in [6, 6.07) is 14.1. The van der Waals surface area contributed by atoms with Crippen molar-refractivity contribution in [3.63, 3.8) is 0 Å². The second kappa shape index (κ2) is 6.15. The van der Waals surface area contributed by atoms with E-state index in [1.807, 2.05) is 45.3 Å². The van der Waals surface area contributed by atoms with Crippen molar-refractivity contribution < 1.29 is 0 Å². The minimum atomic E-state index is 0.754. The molecule has 4 heteroatoms. The molecule has 0 N–H and O–H groups in total. The fraction of sp³-hybridized carbons (Fsp3) is 0.304. The summed E-state index contributed by atoms with van der Waals surface area (Å²) in [5.41, 5.74) is 3.18. The lowest BCUT2D eigenvalue weighted by Gasteiger charge is -2.20. The Morgan fingerprint density at radius 2 is 1.15 bits per heavy atom. The van der Waals surface area contributed by atoms with E-state index in [2.05, 4.69) is 50.2 Å². The topological polar surface area (TPSA) is 0 Å². The standard InChI is InChI=1S/C23H20S4/c1-12-3-4-14-10-20(26-22(12)14)18-7-5-16(24-18)17-6-8-19(25-17)21-11-15-9-13(2)23(15)27-21/h5-8,10-13H,3-4,9H2,1-2H3. The fourth-order valence-corrected chi connectivity index (χ4v) is 9.12. The van der Waals surface area contributed by atoms with Gasteiger partial charge in [0.2, 0.25) is 0 Å². The Bertz CT molecular complexity index is 1150. The molecule has 6 rings (SSSR count). The molecule has 2 unspecified atom stereocenters. The van der Waals surface area contributed by atoms with Gasteiger partial charge in [-0.25, -0.2) is 0 Å². The van der Waals surface area contributed by atoms with E-state index < -0.39 is 0 Å². The molecule has 136 valence electrons. The number of fused-ring (bicyclic) bond motifs is 2. The Hall–Kier alpha value is -1.20. The highest BCUT2D eigenvalue weighted by Gasteiger charge is 2.26. The van der Waals surface area contributed by atoms with Crippen LogP contribution < -0.4 is 0 Å². The van der Waals surface area contributed by atoms with Gasteiger partial charge in [-0.2, -0.15) is 0 Å². The van der Waals surface area contributed by atoms with Crippen molar-refractivity contribution in [2.45, 2.75) is 44.9 Å². The molecule has 2 aliphatic carbocycles. The van der Waals surface area contributed by atoms with E-state index in [-0.39, 0.29) is 0 Å². The molecule has 0 aliphatic heterocycles. The third-order valence-corrected chi connectivity index (χ3v) is 11.5. The quantitative estimate of drug-likeness (QED) is 0.309. The molecule has 2 aliphatic rings. The zero-order chi connectivity index (χ0) is 18.1. The fourth-order valence-electron chi connectivity index (χ4n) is 4.32. The van der Waals surface area contributed by atoms with E-state index in [0.717, 1.165) is 11.8 Å². The average molecular weight is 425 g/mol. The van der Waals surface area contributed by atoms with E-state index in [1.54, 1.807) is 20.9 Å². The molecule has 0 saturated heterocycles. The largest absolute Gasteiger partial charge is 0.139 e. The molecule has 0 fully saturated rings. The summed E-state index contributed by atoms with van der Waals surface area (Å²) in [6.07, 6.45) is 3.87. The van der Waals surface area contributed by atoms with Gasteiger partial charge in [-0.1, -0.05) is 13.8 Å². The predicted octanol–water partition coefficient (Wildman–Crippen LogP) is 8.64. The highest BCUT2D eigenvalue weighted by atomic mass is 32.1. The first kappa shape index (κ1) is 16.7. The summed E-state index contributed by atoms with van der Waals surface area (Å²) in [4.78, 5) is 11.8. The van der Waals surface area contributed by atoms with Gasteiger partial charge in [-0.15, -0.1) is 45.3 Å². The molecule has 0 amide bonds. The average Bonchev–Trinajstić information content (AvgIpc) is 3.43. The molecule has 4 heterocycles. The molecule has 4 aromatic heterocycles. The molecule has 0 aromatic carbocycles. The summed E-state index contributed by atoms with van der Waals surface area (Å²) in [7, 11) is 0. The number of hydrogen-bond donors (Lipinski definition) is 0. The number of aryl methyl sites for hydroxylation is 1. The maximum Gasteiger partial charge on any atom is 0.0449 e. The van der Waals surface area contributed by atoms with Crippen LogP contribution in [0.2, 0.25) is 0 Å². The molecule has 2 atom stereocenters. The molecule has 0 nitrogen and oxygen atoms in total. The lowest BCUT2D eigenvalue weighted by atomic mass is 9.87. The van der Waals surface area contributed by atoms with Crippen LogP contribution in [-0.2, 0) is 12.8 Å². The van der Waals surface area contributed by atoms with Gasteiger partial charge in [-0.05, 0) is 78.6 Å². The van der Waals surface area contributed by atoms with Crippen LogP contribution in [-0.4, -0.2) is 0 Å². The minimum absolute atomic E-state index is 0.754. The normalized spacial score (nSPS) is 20.5. The summed E-state index contributed by atoms with van der Waals surface area (Å²) in [5, 5.41) is 0. The van der Waals surface area contributed by atoms with Gasteiger partial charge in [0, 0.05) is 39.0 Å². The highest BCUT2D eigenvalue weighted by Crippen LogP contribution is 2.49. The Labute approximate surface area is 176 Å². The van der Waals surface area contributed by atoms with Gasteiger partial charge < -0.3 is 0 Å².